The second-order valence-electron chi connectivity index (χ2n) is 5.33. The number of ketones is 1. The molecule has 0 spiro atoms. The van der Waals surface area contributed by atoms with Crippen molar-refractivity contribution in [2.75, 3.05) is 0 Å². The van der Waals surface area contributed by atoms with Gasteiger partial charge in [0.25, 0.3) is 0 Å². The smallest absolute Gasteiger partial charge is 0.147 e. The molecule has 3 heteroatoms. The van der Waals surface area contributed by atoms with Crippen molar-refractivity contribution in [2.24, 2.45) is 0 Å². The molecule has 0 aliphatic carbocycles. The van der Waals surface area contributed by atoms with Gasteiger partial charge in [0, 0.05) is 16.9 Å². The Balaban J connectivity index is 2.26. The molecule has 0 atom stereocenters. The maximum atomic E-state index is 13.2. The highest BCUT2D eigenvalue weighted by molar-refractivity contribution is 6.31. The topological polar surface area (TPSA) is 17.1 Å². The van der Waals surface area contributed by atoms with Crippen molar-refractivity contribution in [3.63, 3.8) is 0 Å². The van der Waals surface area contributed by atoms with E-state index in [9.17, 15) is 9.18 Å². The first-order chi connectivity index (χ1) is 9.41. The molecule has 0 unspecified atom stereocenters. The van der Waals surface area contributed by atoms with Crippen molar-refractivity contribution in [1.82, 2.24) is 0 Å². The lowest BCUT2D eigenvalue weighted by molar-refractivity contribution is -0.122. The van der Waals surface area contributed by atoms with Gasteiger partial charge in [0.1, 0.15) is 11.6 Å². The van der Waals surface area contributed by atoms with Crippen LogP contribution in [-0.4, -0.2) is 5.78 Å². The SMILES string of the molecule is CC(C)(C(=O)Cc1cc(F)ccc1Cl)c1ccccc1. The zero-order valence-electron chi connectivity index (χ0n) is 11.5. The van der Waals surface area contributed by atoms with E-state index in [1.165, 1.54) is 18.2 Å². The first kappa shape index (κ1) is 14.7. The van der Waals surface area contributed by atoms with Gasteiger partial charge in [-0.15, -0.1) is 0 Å². The summed E-state index contributed by atoms with van der Waals surface area (Å²) >= 11 is 6.02. The van der Waals surface area contributed by atoms with Crippen molar-refractivity contribution in [2.45, 2.75) is 25.7 Å². The first-order valence-electron chi connectivity index (χ1n) is 6.44. The van der Waals surface area contributed by atoms with Crippen LogP contribution in [0.4, 0.5) is 4.39 Å². The third-order valence-electron chi connectivity index (χ3n) is 3.55. The zero-order valence-corrected chi connectivity index (χ0v) is 12.2. The predicted molar refractivity (Wildman–Crippen MR) is 79.6 cm³/mol. The maximum absolute atomic E-state index is 13.2. The predicted octanol–water partition coefficient (Wildman–Crippen LogP) is 4.57. The Morgan fingerprint density at radius 1 is 1.15 bits per heavy atom. The lowest BCUT2D eigenvalue weighted by atomic mass is 9.78. The maximum Gasteiger partial charge on any atom is 0.147 e. The van der Waals surface area contributed by atoms with Crippen molar-refractivity contribution in [3.05, 3.63) is 70.5 Å². The van der Waals surface area contributed by atoms with Crippen LogP contribution in [0.5, 0.6) is 0 Å². The standard InChI is InChI=1S/C17H16ClFO/c1-17(2,13-6-4-3-5-7-13)16(20)11-12-10-14(19)8-9-15(12)18/h3-10H,11H2,1-2H3. The van der Waals surface area contributed by atoms with Gasteiger partial charge in [0.05, 0.1) is 0 Å². The van der Waals surface area contributed by atoms with Crippen molar-refractivity contribution in [3.8, 4) is 0 Å². The van der Waals surface area contributed by atoms with Gasteiger partial charge in [-0.2, -0.15) is 0 Å². The molecule has 20 heavy (non-hydrogen) atoms. The van der Waals surface area contributed by atoms with Crippen LogP contribution in [0.15, 0.2) is 48.5 Å². The molecule has 104 valence electrons. The number of rotatable bonds is 4. The highest BCUT2D eigenvalue weighted by Crippen LogP contribution is 2.27. The van der Waals surface area contributed by atoms with E-state index >= 15 is 0 Å². The quantitative estimate of drug-likeness (QED) is 0.806. The van der Waals surface area contributed by atoms with Gasteiger partial charge < -0.3 is 0 Å². The Bertz CT molecular complexity index is 620. The molecule has 2 aromatic rings. The molecule has 0 aromatic heterocycles. The Kier molecular flexibility index (Phi) is 4.24. The summed E-state index contributed by atoms with van der Waals surface area (Å²) in [4.78, 5) is 12.5. The second-order valence-corrected chi connectivity index (χ2v) is 5.73. The number of Topliss-reactive ketones (excluding diaryl/α,β-unsaturated/α-hetero) is 1. The molecule has 0 saturated heterocycles. The molecule has 0 aliphatic rings. The van der Waals surface area contributed by atoms with E-state index in [1.54, 1.807) is 0 Å². The molecule has 0 saturated carbocycles. The highest BCUT2D eigenvalue weighted by atomic mass is 35.5. The summed E-state index contributed by atoms with van der Waals surface area (Å²) in [6, 6.07) is 13.7. The van der Waals surface area contributed by atoms with Crippen LogP contribution in [0.25, 0.3) is 0 Å². The third-order valence-corrected chi connectivity index (χ3v) is 3.92. The normalized spacial score (nSPS) is 11.4. The van der Waals surface area contributed by atoms with Crippen molar-refractivity contribution >= 4 is 17.4 Å². The Hall–Kier alpha value is -1.67. The van der Waals surface area contributed by atoms with E-state index in [4.69, 9.17) is 11.6 Å². The summed E-state index contributed by atoms with van der Waals surface area (Å²) in [5.41, 5.74) is 0.842. The van der Waals surface area contributed by atoms with E-state index in [-0.39, 0.29) is 18.0 Å². The summed E-state index contributed by atoms with van der Waals surface area (Å²) < 4.78 is 13.2. The summed E-state index contributed by atoms with van der Waals surface area (Å²) in [5.74, 6) is -0.370. The monoisotopic (exact) mass is 290 g/mol. The van der Waals surface area contributed by atoms with Crippen LogP contribution >= 0.6 is 11.6 Å². The molecule has 0 radical (unpaired) electrons. The molecule has 2 rings (SSSR count). The van der Waals surface area contributed by atoms with Gasteiger partial charge in [-0.3, -0.25) is 4.79 Å². The highest BCUT2D eigenvalue weighted by Gasteiger charge is 2.29. The van der Waals surface area contributed by atoms with Gasteiger partial charge in [-0.05, 0) is 43.2 Å². The van der Waals surface area contributed by atoms with E-state index < -0.39 is 5.41 Å². The van der Waals surface area contributed by atoms with E-state index in [1.807, 2.05) is 44.2 Å². The second kappa shape index (κ2) is 5.76. The molecule has 0 heterocycles. The van der Waals surface area contributed by atoms with Crippen LogP contribution in [0.1, 0.15) is 25.0 Å². The molecule has 0 bridgehead atoms. The molecule has 0 aliphatic heterocycles. The van der Waals surface area contributed by atoms with Gasteiger partial charge in [-0.25, -0.2) is 4.39 Å². The molecule has 1 nitrogen and oxygen atoms in total. The van der Waals surface area contributed by atoms with Crippen molar-refractivity contribution in [1.29, 1.82) is 0 Å². The summed E-state index contributed by atoms with van der Waals surface area (Å²) in [6.45, 7) is 3.75. The fourth-order valence-electron chi connectivity index (χ4n) is 2.09. The Morgan fingerprint density at radius 2 is 1.80 bits per heavy atom. The fraction of sp³-hybridized carbons (Fsp3) is 0.235. The molecular weight excluding hydrogens is 275 g/mol. The van der Waals surface area contributed by atoms with Crippen molar-refractivity contribution < 1.29 is 9.18 Å². The summed E-state index contributed by atoms with van der Waals surface area (Å²) in [5, 5.41) is 0.420. The molecule has 0 amide bonds. The number of carbonyl (C=O) groups is 1. The van der Waals surface area contributed by atoms with Gasteiger partial charge in [0.2, 0.25) is 0 Å². The lowest BCUT2D eigenvalue weighted by Gasteiger charge is -2.24. The molecular formula is C17H16ClFO. The average Bonchev–Trinajstić information content (AvgIpc) is 2.43. The number of halogens is 2. The van der Waals surface area contributed by atoms with Crippen LogP contribution in [0.3, 0.4) is 0 Å². The fourth-order valence-corrected chi connectivity index (χ4v) is 2.27. The largest absolute Gasteiger partial charge is 0.298 e. The van der Waals surface area contributed by atoms with E-state index in [0.717, 1.165) is 5.56 Å². The van der Waals surface area contributed by atoms with Crippen LogP contribution in [0, 0.1) is 5.82 Å². The summed E-state index contributed by atoms with van der Waals surface area (Å²) in [6.07, 6.45) is 0.123. The third kappa shape index (κ3) is 3.07. The minimum atomic E-state index is -0.628. The minimum Gasteiger partial charge on any atom is -0.298 e. The Morgan fingerprint density at radius 3 is 2.45 bits per heavy atom. The number of hydrogen-bond donors (Lipinski definition) is 0. The zero-order chi connectivity index (χ0) is 14.8. The Labute approximate surface area is 123 Å². The average molecular weight is 291 g/mol. The van der Waals surface area contributed by atoms with Crippen LogP contribution in [-0.2, 0) is 16.6 Å². The van der Waals surface area contributed by atoms with Crippen LogP contribution in [0.2, 0.25) is 5.02 Å². The molecule has 0 fully saturated rings. The molecule has 2 aromatic carbocycles. The van der Waals surface area contributed by atoms with E-state index in [2.05, 4.69) is 0 Å². The number of benzene rings is 2. The number of hydrogen-bond acceptors (Lipinski definition) is 1. The van der Waals surface area contributed by atoms with Gasteiger partial charge in [0.15, 0.2) is 0 Å². The summed E-state index contributed by atoms with van der Waals surface area (Å²) in [7, 11) is 0. The first-order valence-corrected chi connectivity index (χ1v) is 6.82. The molecule has 0 N–H and O–H groups in total. The number of carbonyl (C=O) groups excluding carboxylic acids is 1. The van der Waals surface area contributed by atoms with Crippen LogP contribution < -0.4 is 0 Å². The van der Waals surface area contributed by atoms with E-state index in [0.29, 0.717) is 10.6 Å². The minimum absolute atomic E-state index is 0.0104. The van der Waals surface area contributed by atoms with Gasteiger partial charge >= 0.3 is 0 Å². The lowest BCUT2D eigenvalue weighted by Crippen LogP contribution is -2.30. The van der Waals surface area contributed by atoms with Gasteiger partial charge in [-0.1, -0.05) is 41.9 Å².